The normalized spacial score (nSPS) is 12.7. The molecule has 1 amide bonds. The van der Waals surface area contributed by atoms with Crippen LogP contribution in [0.25, 0.3) is 0 Å². The van der Waals surface area contributed by atoms with Gasteiger partial charge in [-0.05, 0) is 46.8 Å². The molecule has 0 bridgehead atoms. The maximum absolute atomic E-state index is 12.5. The first-order valence-corrected chi connectivity index (χ1v) is 7.70. The number of amides is 1. The third-order valence-electron chi connectivity index (χ3n) is 3.10. The van der Waals surface area contributed by atoms with E-state index < -0.39 is 17.3 Å². The number of aryl methyl sites for hydroxylation is 1. The highest BCUT2D eigenvalue weighted by molar-refractivity contribution is 9.10. The van der Waals surface area contributed by atoms with Gasteiger partial charge in [-0.3, -0.25) is 9.59 Å². The van der Waals surface area contributed by atoms with Gasteiger partial charge in [0.1, 0.15) is 5.92 Å². The second-order valence-electron chi connectivity index (χ2n) is 5.98. The van der Waals surface area contributed by atoms with Crippen LogP contribution < -0.4 is 5.32 Å². The van der Waals surface area contributed by atoms with E-state index in [2.05, 4.69) is 21.2 Å². The van der Waals surface area contributed by atoms with Gasteiger partial charge in [0, 0.05) is 4.47 Å². The van der Waals surface area contributed by atoms with Gasteiger partial charge in [0.05, 0.1) is 12.3 Å². The predicted octanol–water partition coefficient (Wildman–Crippen LogP) is 3.92. The Bertz CT molecular complexity index is 535. The summed E-state index contributed by atoms with van der Waals surface area (Å²) in [7, 11) is 0. The zero-order chi connectivity index (χ0) is 16.2. The second kappa shape index (κ2) is 7.07. The van der Waals surface area contributed by atoms with E-state index in [1.807, 2.05) is 39.8 Å². The van der Waals surface area contributed by atoms with E-state index >= 15 is 0 Å². The Labute approximate surface area is 134 Å². The number of halogens is 1. The molecule has 1 aromatic carbocycles. The third kappa shape index (κ3) is 4.56. The lowest BCUT2D eigenvalue weighted by Crippen LogP contribution is -2.40. The predicted molar refractivity (Wildman–Crippen MR) is 87.1 cm³/mol. The number of benzene rings is 1. The van der Waals surface area contributed by atoms with Crippen LogP contribution in [0.1, 0.15) is 33.3 Å². The van der Waals surface area contributed by atoms with Crippen molar-refractivity contribution in [1.29, 1.82) is 0 Å². The summed E-state index contributed by atoms with van der Waals surface area (Å²) in [5.41, 5.74) is 1.14. The lowest BCUT2D eigenvalue weighted by atomic mass is 9.80. The van der Waals surface area contributed by atoms with Gasteiger partial charge in [-0.1, -0.05) is 32.9 Å². The average molecular weight is 356 g/mol. The van der Waals surface area contributed by atoms with Crippen LogP contribution in [-0.2, 0) is 14.3 Å². The SMILES string of the molecule is CCOC(=O)C(C(=O)Nc1cccc(C)c1Br)C(C)(C)C. The van der Waals surface area contributed by atoms with E-state index in [1.54, 1.807) is 13.0 Å². The average Bonchev–Trinajstić information content (AvgIpc) is 2.33. The minimum absolute atomic E-state index is 0.257. The van der Waals surface area contributed by atoms with Crippen molar-refractivity contribution in [2.45, 2.75) is 34.6 Å². The molecule has 0 radical (unpaired) electrons. The summed E-state index contributed by atoms with van der Waals surface area (Å²) in [5.74, 6) is -1.71. The van der Waals surface area contributed by atoms with Crippen molar-refractivity contribution in [3.8, 4) is 0 Å². The first-order chi connectivity index (χ1) is 9.68. The first kappa shape index (κ1) is 17.7. The summed E-state index contributed by atoms with van der Waals surface area (Å²) in [6.07, 6.45) is 0. The van der Waals surface area contributed by atoms with Crippen molar-refractivity contribution in [1.82, 2.24) is 0 Å². The number of carbonyl (C=O) groups is 2. The van der Waals surface area contributed by atoms with Gasteiger partial charge in [-0.25, -0.2) is 0 Å². The lowest BCUT2D eigenvalue weighted by molar-refractivity contribution is -0.155. The number of ether oxygens (including phenoxy) is 1. The summed E-state index contributed by atoms with van der Waals surface area (Å²) in [4.78, 5) is 24.6. The first-order valence-electron chi connectivity index (χ1n) is 6.91. The number of anilines is 1. The minimum atomic E-state index is -0.857. The lowest BCUT2D eigenvalue weighted by Gasteiger charge is -2.27. The molecule has 0 aliphatic carbocycles. The molecule has 0 saturated carbocycles. The summed E-state index contributed by atoms with van der Waals surface area (Å²) < 4.78 is 5.85. The Kier molecular flexibility index (Phi) is 5.96. The fraction of sp³-hybridized carbons (Fsp3) is 0.500. The molecule has 0 aliphatic heterocycles. The highest BCUT2D eigenvalue weighted by Gasteiger charge is 2.39. The zero-order valence-electron chi connectivity index (χ0n) is 13.1. The Morgan fingerprint density at radius 3 is 2.48 bits per heavy atom. The van der Waals surface area contributed by atoms with Crippen LogP contribution in [0.3, 0.4) is 0 Å². The number of esters is 1. The van der Waals surface area contributed by atoms with Crippen molar-refractivity contribution >= 4 is 33.5 Å². The third-order valence-corrected chi connectivity index (χ3v) is 4.15. The summed E-state index contributed by atoms with van der Waals surface area (Å²) in [6.45, 7) is 9.46. The molecule has 5 heteroatoms. The quantitative estimate of drug-likeness (QED) is 0.657. The molecule has 21 heavy (non-hydrogen) atoms. The maximum atomic E-state index is 12.5. The van der Waals surface area contributed by atoms with Gasteiger partial charge >= 0.3 is 5.97 Å². The standard InChI is InChI=1S/C16H22BrNO3/c1-6-21-15(20)12(16(3,4)5)14(19)18-11-9-7-8-10(2)13(11)17/h7-9,12H,6H2,1-5H3,(H,18,19). The van der Waals surface area contributed by atoms with E-state index in [1.165, 1.54) is 0 Å². The Balaban J connectivity index is 3.02. The molecule has 4 nitrogen and oxygen atoms in total. The molecule has 1 unspecified atom stereocenters. The molecule has 0 heterocycles. The highest BCUT2D eigenvalue weighted by Crippen LogP contribution is 2.31. The second-order valence-corrected chi connectivity index (χ2v) is 6.77. The van der Waals surface area contributed by atoms with Crippen LogP contribution in [0.4, 0.5) is 5.69 Å². The Morgan fingerprint density at radius 1 is 1.33 bits per heavy atom. The molecule has 116 valence electrons. The molecule has 0 saturated heterocycles. The summed E-state index contributed by atoms with van der Waals surface area (Å²) in [5, 5.41) is 2.81. The Hall–Kier alpha value is -1.36. The molecular weight excluding hydrogens is 334 g/mol. The van der Waals surface area contributed by atoms with Crippen LogP contribution >= 0.6 is 15.9 Å². The minimum Gasteiger partial charge on any atom is -0.465 e. The van der Waals surface area contributed by atoms with Crippen molar-refractivity contribution in [2.75, 3.05) is 11.9 Å². The number of hydrogen-bond acceptors (Lipinski definition) is 3. The van der Waals surface area contributed by atoms with E-state index in [0.717, 1.165) is 10.0 Å². The Morgan fingerprint density at radius 2 is 1.95 bits per heavy atom. The van der Waals surface area contributed by atoms with Crippen LogP contribution in [0, 0.1) is 18.3 Å². The van der Waals surface area contributed by atoms with E-state index in [-0.39, 0.29) is 12.5 Å². The smallest absolute Gasteiger partial charge is 0.319 e. The largest absolute Gasteiger partial charge is 0.465 e. The fourth-order valence-electron chi connectivity index (χ4n) is 2.03. The van der Waals surface area contributed by atoms with Crippen LogP contribution in [0.15, 0.2) is 22.7 Å². The van der Waals surface area contributed by atoms with Crippen LogP contribution in [0.5, 0.6) is 0 Å². The zero-order valence-corrected chi connectivity index (χ0v) is 14.7. The van der Waals surface area contributed by atoms with Crippen molar-refractivity contribution in [2.24, 2.45) is 11.3 Å². The number of carbonyl (C=O) groups excluding carboxylic acids is 2. The molecule has 0 spiro atoms. The molecule has 1 rings (SSSR count). The van der Waals surface area contributed by atoms with Gasteiger partial charge in [-0.15, -0.1) is 0 Å². The monoisotopic (exact) mass is 355 g/mol. The number of rotatable bonds is 4. The number of nitrogens with one attached hydrogen (secondary N) is 1. The van der Waals surface area contributed by atoms with Gasteiger partial charge < -0.3 is 10.1 Å². The maximum Gasteiger partial charge on any atom is 0.319 e. The van der Waals surface area contributed by atoms with Crippen molar-refractivity contribution in [3.05, 3.63) is 28.2 Å². The van der Waals surface area contributed by atoms with Crippen LogP contribution in [0.2, 0.25) is 0 Å². The number of hydrogen-bond donors (Lipinski definition) is 1. The van der Waals surface area contributed by atoms with Gasteiger partial charge in [0.15, 0.2) is 0 Å². The van der Waals surface area contributed by atoms with E-state index in [9.17, 15) is 9.59 Å². The van der Waals surface area contributed by atoms with E-state index in [4.69, 9.17) is 4.74 Å². The molecule has 0 aliphatic rings. The summed E-state index contributed by atoms with van der Waals surface area (Å²) in [6, 6.07) is 5.58. The molecule has 1 aromatic rings. The highest BCUT2D eigenvalue weighted by atomic mass is 79.9. The molecule has 1 atom stereocenters. The van der Waals surface area contributed by atoms with Gasteiger partial charge in [-0.2, -0.15) is 0 Å². The van der Waals surface area contributed by atoms with Gasteiger partial charge in [0.2, 0.25) is 5.91 Å². The molecule has 0 aromatic heterocycles. The fourth-order valence-corrected chi connectivity index (χ4v) is 2.39. The van der Waals surface area contributed by atoms with Crippen LogP contribution in [-0.4, -0.2) is 18.5 Å². The van der Waals surface area contributed by atoms with Gasteiger partial charge in [0.25, 0.3) is 0 Å². The molecule has 0 fully saturated rings. The molecular formula is C16H22BrNO3. The van der Waals surface area contributed by atoms with Crippen molar-refractivity contribution in [3.63, 3.8) is 0 Å². The van der Waals surface area contributed by atoms with Crippen molar-refractivity contribution < 1.29 is 14.3 Å². The van der Waals surface area contributed by atoms with E-state index in [0.29, 0.717) is 5.69 Å². The summed E-state index contributed by atoms with van der Waals surface area (Å²) >= 11 is 3.45. The molecule has 1 N–H and O–H groups in total. The topological polar surface area (TPSA) is 55.4 Å².